The van der Waals surface area contributed by atoms with Gasteiger partial charge in [-0.05, 0) is 38.1 Å². The van der Waals surface area contributed by atoms with Crippen LogP contribution in [0.15, 0.2) is 83.2 Å². The molecule has 0 bridgehead atoms. The number of rotatable bonds is 7. The third kappa shape index (κ3) is 5.28. The van der Waals surface area contributed by atoms with Gasteiger partial charge in [-0.1, -0.05) is 65.4 Å². The maximum atomic E-state index is 12.3. The zero-order chi connectivity index (χ0) is 22.3. The lowest BCUT2D eigenvalue weighted by atomic mass is 10.1. The van der Waals surface area contributed by atoms with Crippen molar-refractivity contribution in [3.05, 3.63) is 89.7 Å². The van der Waals surface area contributed by atoms with Crippen LogP contribution in [0.3, 0.4) is 0 Å². The number of benzene rings is 2. The van der Waals surface area contributed by atoms with E-state index in [0.29, 0.717) is 10.9 Å². The molecule has 0 saturated carbocycles. The van der Waals surface area contributed by atoms with Crippen LogP contribution in [-0.2, 0) is 4.79 Å². The first-order valence-corrected chi connectivity index (χ1v) is 11.0. The average Bonchev–Trinajstić information content (AvgIpc) is 3.23. The molecule has 0 spiro atoms. The van der Waals surface area contributed by atoms with Crippen molar-refractivity contribution in [2.45, 2.75) is 19.0 Å². The minimum absolute atomic E-state index is 0.150. The summed E-state index contributed by atoms with van der Waals surface area (Å²) < 4.78 is 1.97. The number of carbonyl (C=O) groups is 1. The third-order valence-electron chi connectivity index (χ3n) is 4.64. The Hall–Kier alpha value is -3.78. The smallest absolute Gasteiger partial charge is 0.250 e. The van der Waals surface area contributed by atoms with Gasteiger partial charge >= 0.3 is 0 Å². The molecule has 2 aromatic heterocycles. The van der Waals surface area contributed by atoms with E-state index in [4.69, 9.17) is 0 Å². The molecular formula is C24H22N6OS. The second-order valence-corrected chi connectivity index (χ2v) is 8.12. The minimum atomic E-state index is -0.238. The van der Waals surface area contributed by atoms with Crippen LogP contribution < -0.4 is 5.43 Å². The van der Waals surface area contributed by atoms with E-state index in [0.717, 1.165) is 22.6 Å². The van der Waals surface area contributed by atoms with Gasteiger partial charge in [0, 0.05) is 17.4 Å². The maximum absolute atomic E-state index is 12.3. The van der Waals surface area contributed by atoms with Crippen molar-refractivity contribution >= 4 is 23.9 Å². The van der Waals surface area contributed by atoms with E-state index in [1.165, 1.54) is 23.5 Å². The molecule has 32 heavy (non-hydrogen) atoms. The highest BCUT2D eigenvalue weighted by molar-refractivity contribution is 7.99. The molecule has 0 saturated heterocycles. The SMILES string of the molecule is Cc1ccc(-c2nnc(SCC(=O)N/N=C\c3ccccn3)n2-c2ccc(C)cc2)cc1. The standard InChI is InChI=1S/C24H22N6OS/c1-17-6-10-19(11-7-17)23-28-29-24(30(23)21-12-8-18(2)9-13-21)32-16-22(31)27-26-15-20-5-3-4-14-25-20/h3-15H,16H2,1-2H3,(H,27,31)/b26-15-. The Kier molecular flexibility index (Phi) is 6.72. The summed E-state index contributed by atoms with van der Waals surface area (Å²) in [4.78, 5) is 16.4. The summed E-state index contributed by atoms with van der Waals surface area (Å²) in [6.45, 7) is 4.09. The largest absolute Gasteiger partial charge is 0.272 e. The number of nitrogens with one attached hydrogen (secondary N) is 1. The molecule has 0 aliphatic heterocycles. The first kappa shape index (κ1) is 21.5. The highest BCUT2D eigenvalue weighted by Crippen LogP contribution is 2.28. The number of carbonyl (C=O) groups excluding carboxylic acids is 1. The number of hydrogen-bond donors (Lipinski definition) is 1. The Balaban J connectivity index is 1.53. The first-order chi connectivity index (χ1) is 15.6. The third-order valence-corrected chi connectivity index (χ3v) is 5.57. The lowest BCUT2D eigenvalue weighted by Gasteiger charge is -2.11. The lowest BCUT2D eigenvalue weighted by Crippen LogP contribution is -2.20. The van der Waals surface area contributed by atoms with Crippen molar-refractivity contribution < 1.29 is 4.79 Å². The Bertz CT molecular complexity index is 1220. The minimum Gasteiger partial charge on any atom is -0.272 e. The summed E-state index contributed by atoms with van der Waals surface area (Å²) in [6.07, 6.45) is 3.18. The van der Waals surface area contributed by atoms with Gasteiger partial charge in [-0.25, -0.2) is 5.43 Å². The van der Waals surface area contributed by atoms with Gasteiger partial charge < -0.3 is 0 Å². The molecule has 1 N–H and O–H groups in total. The zero-order valence-electron chi connectivity index (χ0n) is 17.8. The van der Waals surface area contributed by atoms with Crippen molar-refractivity contribution in [3.8, 4) is 17.1 Å². The van der Waals surface area contributed by atoms with E-state index >= 15 is 0 Å². The van der Waals surface area contributed by atoms with Gasteiger partial charge in [-0.3, -0.25) is 14.3 Å². The highest BCUT2D eigenvalue weighted by atomic mass is 32.2. The highest BCUT2D eigenvalue weighted by Gasteiger charge is 2.17. The fourth-order valence-corrected chi connectivity index (χ4v) is 3.71. The fourth-order valence-electron chi connectivity index (χ4n) is 2.96. The van der Waals surface area contributed by atoms with Gasteiger partial charge in [0.25, 0.3) is 5.91 Å². The van der Waals surface area contributed by atoms with Crippen molar-refractivity contribution in [2.75, 3.05) is 5.75 Å². The number of aromatic nitrogens is 4. The number of pyridine rings is 1. The molecule has 0 unspecified atom stereocenters. The van der Waals surface area contributed by atoms with Crippen LogP contribution in [0.25, 0.3) is 17.1 Å². The molecule has 7 nitrogen and oxygen atoms in total. The normalized spacial score (nSPS) is 11.1. The van der Waals surface area contributed by atoms with Crippen LogP contribution in [0.5, 0.6) is 0 Å². The molecule has 2 aromatic carbocycles. The van der Waals surface area contributed by atoms with E-state index in [-0.39, 0.29) is 11.7 Å². The lowest BCUT2D eigenvalue weighted by molar-refractivity contribution is -0.118. The summed E-state index contributed by atoms with van der Waals surface area (Å²) in [7, 11) is 0. The number of nitrogens with zero attached hydrogens (tertiary/aromatic N) is 5. The van der Waals surface area contributed by atoms with Crippen molar-refractivity contribution in [3.63, 3.8) is 0 Å². The van der Waals surface area contributed by atoms with E-state index in [1.807, 2.05) is 79.1 Å². The summed E-state index contributed by atoms with van der Waals surface area (Å²) in [5, 5.41) is 13.4. The molecule has 1 amide bonds. The first-order valence-electron chi connectivity index (χ1n) is 10.1. The number of aryl methyl sites for hydroxylation is 2. The summed E-state index contributed by atoms with van der Waals surface area (Å²) in [5.41, 5.74) is 7.43. The molecule has 8 heteroatoms. The van der Waals surface area contributed by atoms with Crippen LogP contribution in [0, 0.1) is 13.8 Å². The molecule has 160 valence electrons. The summed E-state index contributed by atoms with van der Waals surface area (Å²) in [6, 6.07) is 21.8. The zero-order valence-corrected chi connectivity index (χ0v) is 18.6. The van der Waals surface area contributed by atoms with Gasteiger partial charge in [0.1, 0.15) is 0 Å². The molecule has 0 radical (unpaired) electrons. The number of hydrogen-bond acceptors (Lipinski definition) is 6. The topological polar surface area (TPSA) is 85.1 Å². The molecule has 0 aliphatic rings. The number of hydrazone groups is 1. The van der Waals surface area contributed by atoms with Gasteiger partial charge in [-0.2, -0.15) is 5.10 Å². The average molecular weight is 443 g/mol. The van der Waals surface area contributed by atoms with Crippen LogP contribution in [-0.4, -0.2) is 37.6 Å². The van der Waals surface area contributed by atoms with Gasteiger partial charge in [0.2, 0.25) is 0 Å². The quantitative estimate of drug-likeness (QED) is 0.264. The van der Waals surface area contributed by atoms with Crippen LogP contribution in [0.2, 0.25) is 0 Å². The van der Waals surface area contributed by atoms with Crippen molar-refractivity contribution in [1.82, 2.24) is 25.2 Å². The van der Waals surface area contributed by atoms with Crippen LogP contribution in [0.4, 0.5) is 0 Å². The fraction of sp³-hybridized carbons (Fsp3) is 0.125. The molecule has 0 aliphatic carbocycles. The molecule has 2 heterocycles. The Morgan fingerprint density at radius 1 is 1.00 bits per heavy atom. The molecule has 0 fully saturated rings. The van der Waals surface area contributed by atoms with Crippen LogP contribution in [0.1, 0.15) is 16.8 Å². The maximum Gasteiger partial charge on any atom is 0.250 e. The van der Waals surface area contributed by atoms with E-state index in [2.05, 4.69) is 25.7 Å². The predicted molar refractivity (Wildman–Crippen MR) is 127 cm³/mol. The van der Waals surface area contributed by atoms with E-state index in [9.17, 15) is 4.79 Å². The monoisotopic (exact) mass is 442 g/mol. The van der Waals surface area contributed by atoms with Crippen molar-refractivity contribution in [2.24, 2.45) is 5.10 Å². The molecule has 4 rings (SSSR count). The van der Waals surface area contributed by atoms with E-state index in [1.54, 1.807) is 12.3 Å². The summed E-state index contributed by atoms with van der Waals surface area (Å²) in [5.74, 6) is 0.639. The predicted octanol–water partition coefficient (Wildman–Crippen LogP) is 4.19. The molecular weight excluding hydrogens is 420 g/mol. The Labute approximate surface area is 190 Å². The van der Waals surface area contributed by atoms with E-state index < -0.39 is 0 Å². The second-order valence-electron chi connectivity index (χ2n) is 7.18. The Morgan fingerprint density at radius 2 is 1.72 bits per heavy atom. The summed E-state index contributed by atoms with van der Waals surface area (Å²) >= 11 is 1.31. The van der Waals surface area contributed by atoms with Gasteiger partial charge in [0.15, 0.2) is 11.0 Å². The van der Waals surface area contributed by atoms with Gasteiger partial charge in [0.05, 0.1) is 17.7 Å². The molecule has 0 atom stereocenters. The number of amides is 1. The Morgan fingerprint density at radius 3 is 2.41 bits per heavy atom. The van der Waals surface area contributed by atoms with Gasteiger partial charge in [-0.15, -0.1) is 10.2 Å². The number of thioether (sulfide) groups is 1. The van der Waals surface area contributed by atoms with Crippen LogP contribution >= 0.6 is 11.8 Å². The molecule has 4 aromatic rings. The van der Waals surface area contributed by atoms with Crippen molar-refractivity contribution in [1.29, 1.82) is 0 Å². The second kappa shape index (κ2) is 10.0.